The first-order valence-corrected chi connectivity index (χ1v) is 10.4. The number of ketones is 2. The number of anilines is 2. The van der Waals surface area contributed by atoms with Crippen molar-refractivity contribution in [2.75, 3.05) is 11.1 Å². The molecule has 0 aliphatic heterocycles. The number of carbonyl (C=O) groups is 2. The molecule has 4 N–H and O–H groups in total. The molecule has 0 radical (unpaired) electrons. The van der Waals surface area contributed by atoms with Gasteiger partial charge in [-0.1, -0.05) is 44.6 Å². The van der Waals surface area contributed by atoms with Crippen LogP contribution in [0.4, 0.5) is 11.4 Å². The van der Waals surface area contributed by atoms with E-state index in [2.05, 4.69) is 18.5 Å². The number of benzene rings is 1. The third kappa shape index (κ3) is 3.29. The number of rotatable bonds is 5. The fourth-order valence-electron chi connectivity index (χ4n) is 3.86. The maximum atomic E-state index is 13.1. The minimum absolute atomic E-state index is 0.000901. The first-order chi connectivity index (χ1) is 13.2. The molecule has 2 aliphatic carbocycles. The second kappa shape index (κ2) is 7.37. The summed E-state index contributed by atoms with van der Waals surface area (Å²) in [6, 6.07) is 1.15. The van der Waals surface area contributed by atoms with Crippen molar-refractivity contribution >= 4 is 33.1 Å². The van der Waals surface area contributed by atoms with E-state index in [0.29, 0.717) is 0 Å². The van der Waals surface area contributed by atoms with Crippen LogP contribution in [0.2, 0.25) is 0 Å². The molecule has 8 heteroatoms. The Bertz CT molecular complexity index is 1030. The summed E-state index contributed by atoms with van der Waals surface area (Å²) in [5.74, 6) is -1.12. The fraction of sp³-hybridized carbons (Fsp3) is 0.300. The molecule has 0 amide bonds. The summed E-state index contributed by atoms with van der Waals surface area (Å²) in [5.41, 5.74) is 5.49. The highest BCUT2D eigenvalue weighted by molar-refractivity contribution is 7.86. The fourth-order valence-corrected chi connectivity index (χ4v) is 4.51. The van der Waals surface area contributed by atoms with Crippen molar-refractivity contribution in [1.82, 2.24) is 0 Å². The molecule has 2 aliphatic rings. The Morgan fingerprint density at radius 3 is 2.07 bits per heavy atom. The SMILES string of the molecule is C=CC1=C(C=C)C(=O)c2c(N)c(S(=O)(=O)O)cc(NC3CCCCC3)c2C1=O. The molecular weight excluding hydrogens is 380 g/mol. The lowest BCUT2D eigenvalue weighted by Gasteiger charge is -2.28. The van der Waals surface area contributed by atoms with E-state index in [-0.39, 0.29) is 34.0 Å². The molecule has 28 heavy (non-hydrogen) atoms. The van der Waals surface area contributed by atoms with E-state index in [9.17, 15) is 22.6 Å². The molecule has 3 rings (SSSR count). The van der Waals surface area contributed by atoms with Gasteiger partial charge >= 0.3 is 0 Å². The largest absolute Gasteiger partial charge is 0.397 e. The lowest BCUT2D eigenvalue weighted by molar-refractivity contribution is 0.0981. The zero-order valence-corrected chi connectivity index (χ0v) is 16.1. The predicted octanol–water partition coefficient (Wildman–Crippen LogP) is 3.31. The molecule has 1 fully saturated rings. The van der Waals surface area contributed by atoms with E-state index in [4.69, 9.17) is 5.73 Å². The Labute approximate surface area is 163 Å². The highest BCUT2D eigenvalue weighted by Crippen LogP contribution is 2.40. The van der Waals surface area contributed by atoms with E-state index >= 15 is 0 Å². The highest BCUT2D eigenvalue weighted by atomic mass is 32.2. The summed E-state index contributed by atoms with van der Waals surface area (Å²) in [5, 5.41) is 3.19. The van der Waals surface area contributed by atoms with Crippen molar-refractivity contribution in [1.29, 1.82) is 0 Å². The molecule has 1 aromatic rings. The van der Waals surface area contributed by atoms with Crippen LogP contribution >= 0.6 is 0 Å². The van der Waals surface area contributed by atoms with Crippen molar-refractivity contribution in [2.24, 2.45) is 0 Å². The minimum atomic E-state index is -4.71. The van der Waals surface area contributed by atoms with Gasteiger partial charge in [0.25, 0.3) is 10.1 Å². The number of nitrogens with one attached hydrogen (secondary N) is 1. The summed E-state index contributed by atoms with van der Waals surface area (Å²) < 4.78 is 33.3. The molecule has 0 spiro atoms. The number of hydrogen-bond donors (Lipinski definition) is 3. The van der Waals surface area contributed by atoms with E-state index in [1.165, 1.54) is 12.2 Å². The first-order valence-electron chi connectivity index (χ1n) is 8.99. The number of allylic oxidation sites excluding steroid dienone is 4. The molecule has 1 saturated carbocycles. The molecule has 1 aromatic carbocycles. The van der Waals surface area contributed by atoms with E-state index < -0.39 is 32.3 Å². The van der Waals surface area contributed by atoms with Gasteiger partial charge in [-0.3, -0.25) is 14.1 Å². The Balaban J connectivity index is 2.29. The van der Waals surface area contributed by atoms with Crippen molar-refractivity contribution in [3.63, 3.8) is 0 Å². The average molecular weight is 402 g/mol. The molecule has 0 unspecified atom stereocenters. The Kier molecular flexibility index (Phi) is 5.27. The normalized spacial score (nSPS) is 18.0. The zero-order valence-electron chi connectivity index (χ0n) is 15.3. The van der Waals surface area contributed by atoms with Crippen molar-refractivity contribution in [3.05, 3.63) is 53.6 Å². The monoisotopic (exact) mass is 402 g/mol. The van der Waals surface area contributed by atoms with Crippen molar-refractivity contribution in [3.8, 4) is 0 Å². The average Bonchev–Trinajstić information content (AvgIpc) is 2.65. The van der Waals surface area contributed by atoms with Gasteiger partial charge in [-0.15, -0.1) is 0 Å². The van der Waals surface area contributed by atoms with Gasteiger partial charge in [-0.25, -0.2) is 0 Å². The summed E-state index contributed by atoms with van der Waals surface area (Å²) in [7, 11) is -4.71. The molecule has 148 valence electrons. The molecule has 0 aromatic heterocycles. The second-order valence-corrected chi connectivity index (χ2v) is 8.32. The Morgan fingerprint density at radius 1 is 1.04 bits per heavy atom. The van der Waals surface area contributed by atoms with Crippen LogP contribution in [0.15, 0.2) is 47.4 Å². The third-order valence-corrected chi connectivity index (χ3v) is 6.11. The summed E-state index contributed by atoms with van der Waals surface area (Å²) in [6.45, 7) is 7.15. The molecular formula is C20H22N2O5S. The summed E-state index contributed by atoms with van der Waals surface area (Å²) in [4.78, 5) is 25.5. The van der Waals surface area contributed by atoms with Gasteiger partial charge in [0, 0.05) is 22.9 Å². The van der Waals surface area contributed by atoms with E-state index in [0.717, 1.165) is 38.2 Å². The van der Waals surface area contributed by atoms with Gasteiger partial charge in [0.2, 0.25) is 0 Å². The zero-order chi connectivity index (χ0) is 20.6. The lowest BCUT2D eigenvalue weighted by Crippen LogP contribution is -2.28. The van der Waals surface area contributed by atoms with Crippen LogP contribution < -0.4 is 11.1 Å². The maximum absolute atomic E-state index is 13.1. The van der Waals surface area contributed by atoms with Gasteiger partial charge < -0.3 is 11.1 Å². The van der Waals surface area contributed by atoms with Crippen LogP contribution in [0.3, 0.4) is 0 Å². The lowest BCUT2D eigenvalue weighted by atomic mass is 9.81. The van der Waals surface area contributed by atoms with E-state index in [1.54, 1.807) is 0 Å². The highest BCUT2D eigenvalue weighted by Gasteiger charge is 2.36. The number of hydrogen-bond acceptors (Lipinski definition) is 6. The number of fused-ring (bicyclic) bond motifs is 1. The Morgan fingerprint density at radius 2 is 1.57 bits per heavy atom. The van der Waals surface area contributed by atoms with Crippen LogP contribution in [0.1, 0.15) is 52.8 Å². The molecule has 0 heterocycles. The number of nitrogens with two attached hydrogens (primary N) is 1. The van der Waals surface area contributed by atoms with Gasteiger partial charge in [0.15, 0.2) is 11.6 Å². The first kappa shape index (κ1) is 20.0. The topological polar surface area (TPSA) is 127 Å². The third-order valence-electron chi connectivity index (χ3n) is 5.21. The molecule has 0 saturated heterocycles. The van der Waals surface area contributed by atoms with E-state index in [1.807, 2.05) is 0 Å². The number of nitrogen functional groups attached to an aromatic ring is 1. The minimum Gasteiger partial charge on any atom is -0.397 e. The van der Waals surface area contributed by atoms with Crippen LogP contribution in [0, 0.1) is 0 Å². The number of carbonyl (C=O) groups excluding carboxylic acids is 2. The quantitative estimate of drug-likeness (QED) is 0.509. The summed E-state index contributed by atoms with van der Waals surface area (Å²) >= 11 is 0. The predicted molar refractivity (Wildman–Crippen MR) is 107 cm³/mol. The maximum Gasteiger partial charge on any atom is 0.296 e. The molecule has 0 atom stereocenters. The van der Waals surface area contributed by atoms with Gasteiger partial charge in [0.1, 0.15) is 4.90 Å². The van der Waals surface area contributed by atoms with Gasteiger partial charge in [0.05, 0.1) is 16.8 Å². The van der Waals surface area contributed by atoms with Crippen LogP contribution in [0.5, 0.6) is 0 Å². The van der Waals surface area contributed by atoms with Crippen LogP contribution in [-0.4, -0.2) is 30.6 Å². The summed E-state index contributed by atoms with van der Waals surface area (Å²) in [6.07, 6.45) is 7.31. The second-order valence-electron chi connectivity index (χ2n) is 6.93. The van der Waals surface area contributed by atoms with Gasteiger partial charge in [-0.05, 0) is 18.9 Å². The smallest absolute Gasteiger partial charge is 0.296 e. The van der Waals surface area contributed by atoms with Crippen LogP contribution in [0.25, 0.3) is 0 Å². The van der Waals surface area contributed by atoms with Crippen molar-refractivity contribution in [2.45, 2.75) is 43.0 Å². The molecule has 7 nitrogen and oxygen atoms in total. The van der Waals surface area contributed by atoms with Crippen LogP contribution in [-0.2, 0) is 10.1 Å². The molecule has 0 bridgehead atoms. The Hall–Kier alpha value is -2.71. The standard InChI is InChI=1S/C20H22N2O5S/c1-3-12-13(4-2)20(24)17-16(19(12)23)14(22-11-8-6-5-7-9-11)10-15(18(17)21)28(25,26)27/h3-4,10-11,22H,1-2,5-9,21H2,(H,25,26,27). The van der Waals surface area contributed by atoms with Crippen molar-refractivity contribution < 1.29 is 22.6 Å². The van der Waals surface area contributed by atoms with Gasteiger partial charge in [-0.2, -0.15) is 8.42 Å². The number of Topliss-reactive ketones (excluding diaryl/α,β-unsaturated/α-hetero) is 2.